The summed E-state index contributed by atoms with van der Waals surface area (Å²) < 4.78 is 11.2. The molecule has 3 rings (SSSR count). The van der Waals surface area contributed by atoms with Gasteiger partial charge in [0, 0.05) is 23.0 Å². The highest BCUT2D eigenvalue weighted by atomic mass is 35.5. The van der Waals surface area contributed by atoms with Crippen LogP contribution in [0, 0.1) is 0 Å². The van der Waals surface area contributed by atoms with Crippen molar-refractivity contribution in [2.24, 2.45) is 10.2 Å². The van der Waals surface area contributed by atoms with Gasteiger partial charge in [0.25, 0.3) is 5.56 Å². The van der Waals surface area contributed by atoms with E-state index in [2.05, 4.69) is 20.5 Å². The lowest BCUT2D eigenvalue weighted by Crippen LogP contribution is -2.24. The Morgan fingerprint density at radius 2 is 1.70 bits per heavy atom. The molecule has 10 heteroatoms. The van der Waals surface area contributed by atoms with Crippen LogP contribution in [0.4, 0.5) is 0 Å². The summed E-state index contributed by atoms with van der Waals surface area (Å²) in [5, 5.41) is 23.2. The number of ether oxygens (including phenoxy) is 2. The first kappa shape index (κ1) is 30.4. The third kappa shape index (κ3) is 7.30. The molecule has 3 aromatic rings. The van der Waals surface area contributed by atoms with E-state index in [1.165, 1.54) is 14.2 Å². The molecule has 0 unspecified atom stereocenters. The molecule has 0 aliphatic carbocycles. The van der Waals surface area contributed by atoms with Gasteiger partial charge in [0.2, 0.25) is 5.91 Å². The van der Waals surface area contributed by atoms with Crippen LogP contribution in [0.15, 0.2) is 57.5 Å². The maximum Gasteiger partial charge on any atom is 0.261 e. The SMILES string of the molecule is CCCCc1[nH]c(=O)c(/C(C)=N/N=C(\C)CC(=O)NCc2ccccc2Cl)c(O)c1-c1c(OC)cccc1OC. The number of methoxy groups -OCH3 is 2. The maximum atomic E-state index is 13.1. The highest BCUT2D eigenvalue weighted by Gasteiger charge is 2.25. The standard InChI is InChI=1S/C30H35ClN4O5/c1-6-7-13-22-27(28-23(39-4)14-10-15-24(28)40-5)29(37)26(30(38)33-22)19(3)35-34-18(2)16-25(36)32-17-20-11-8-9-12-21(20)31/h8-12,14-15H,6-7,13,16-17H2,1-5H3,(H,32,36)(H2,33,37,38)/b34-18+,35-19+. The van der Waals surface area contributed by atoms with Gasteiger partial charge in [0.1, 0.15) is 22.8 Å². The largest absolute Gasteiger partial charge is 0.506 e. The molecular formula is C30H35ClN4O5. The molecule has 0 radical (unpaired) electrons. The highest BCUT2D eigenvalue weighted by Crippen LogP contribution is 2.44. The molecule has 1 heterocycles. The zero-order chi connectivity index (χ0) is 29.2. The van der Waals surface area contributed by atoms with Crippen molar-refractivity contribution in [3.05, 3.63) is 74.7 Å². The van der Waals surface area contributed by atoms with Crippen LogP contribution in [0.3, 0.4) is 0 Å². The molecule has 0 aliphatic heterocycles. The van der Waals surface area contributed by atoms with Crippen molar-refractivity contribution in [1.82, 2.24) is 10.3 Å². The number of carbonyl (C=O) groups excluding carboxylic acids is 1. The van der Waals surface area contributed by atoms with E-state index >= 15 is 0 Å². The number of amides is 1. The summed E-state index contributed by atoms with van der Waals surface area (Å²) in [6.07, 6.45) is 2.23. The summed E-state index contributed by atoms with van der Waals surface area (Å²) in [6, 6.07) is 12.6. The van der Waals surface area contributed by atoms with Crippen molar-refractivity contribution in [2.75, 3.05) is 14.2 Å². The number of rotatable bonds is 12. The van der Waals surface area contributed by atoms with Crippen LogP contribution in [-0.4, -0.2) is 41.6 Å². The van der Waals surface area contributed by atoms with E-state index in [1.54, 1.807) is 38.1 Å². The number of hydrogen-bond acceptors (Lipinski definition) is 7. The molecule has 40 heavy (non-hydrogen) atoms. The van der Waals surface area contributed by atoms with E-state index in [-0.39, 0.29) is 35.9 Å². The molecule has 0 spiro atoms. The Morgan fingerprint density at radius 1 is 1.02 bits per heavy atom. The first-order valence-electron chi connectivity index (χ1n) is 13.0. The molecule has 1 aromatic heterocycles. The first-order valence-corrected chi connectivity index (χ1v) is 13.4. The Balaban J connectivity index is 1.95. The predicted octanol–water partition coefficient (Wildman–Crippen LogP) is 5.65. The fraction of sp³-hybridized carbons (Fsp3) is 0.333. The summed E-state index contributed by atoms with van der Waals surface area (Å²) in [6.45, 7) is 5.57. The van der Waals surface area contributed by atoms with E-state index in [0.29, 0.717) is 45.5 Å². The third-order valence-corrected chi connectivity index (χ3v) is 6.68. The molecule has 1 amide bonds. The van der Waals surface area contributed by atoms with Crippen LogP contribution in [0.2, 0.25) is 5.02 Å². The molecule has 0 aliphatic rings. The lowest BCUT2D eigenvalue weighted by molar-refractivity contribution is -0.120. The maximum absolute atomic E-state index is 13.1. The van der Waals surface area contributed by atoms with Crippen LogP contribution in [0.5, 0.6) is 17.2 Å². The molecule has 0 saturated carbocycles. The fourth-order valence-corrected chi connectivity index (χ4v) is 4.46. The number of aromatic hydroxyl groups is 1. The summed E-state index contributed by atoms with van der Waals surface area (Å²) in [5.41, 5.74) is 2.41. The van der Waals surface area contributed by atoms with Crippen molar-refractivity contribution in [2.45, 2.75) is 53.0 Å². The topological polar surface area (TPSA) is 125 Å². The molecular weight excluding hydrogens is 532 g/mol. The van der Waals surface area contributed by atoms with Gasteiger partial charge in [-0.1, -0.05) is 49.2 Å². The number of benzene rings is 2. The predicted molar refractivity (Wildman–Crippen MR) is 159 cm³/mol. The quantitative estimate of drug-likeness (QED) is 0.193. The second kappa shape index (κ2) is 14.3. The Morgan fingerprint density at radius 3 is 2.33 bits per heavy atom. The van der Waals surface area contributed by atoms with Crippen molar-refractivity contribution in [3.63, 3.8) is 0 Å². The van der Waals surface area contributed by atoms with Gasteiger partial charge in [-0.15, -0.1) is 0 Å². The fourth-order valence-electron chi connectivity index (χ4n) is 4.26. The minimum atomic E-state index is -0.493. The average molecular weight is 567 g/mol. The molecule has 0 atom stereocenters. The Bertz CT molecular complexity index is 1460. The van der Waals surface area contributed by atoms with Gasteiger partial charge in [0.05, 0.1) is 37.5 Å². The summed E-state index contributed by atoms with van der Waals surface area (Å²) >= 11 is 6.15. The zero-order valence-corrected chi connectivity index (χ0v) is 24.2. The lowest BCUT2D eigenvalue weighted by Gasteiger charge is -2.19. The molecule has 9 nitrogen and oxygen atoms in total. The zero-order valence-electron chi connectivity index (χ0n) is 23.4. The number of pyridine rings is 1. The number of aromatic nitrogens is 1. The van der Waals surface area contributed by atoms with Crippen LogP contribution in [0.1, 0.15) is 56.9 Å². The van der Waals surface area contributed by atoms with E-state index < -0.39 is 5.56 Å². The summed E-state index contributed by atoms with van der Waals surface area (Å²) in [5.74, 6) is 0.470. The molecule has 0 fully saturated rings. The summed E-state index contributed by atoms with van der Waals surface area (Å²) in [4.78, 5) is 28.5. The lowest BCUT2D eigenvalue weighted by atomic mass is 9.95. The van der Waals surface area contributed by atoms with Crippen LogP contribution >= 0.6 is 11.6 Å². The minimum absolute atomic E-state index is 0.00317. The number of unbranched alkanes of at least 4 members (excludes halogenated alkanes) is 1. The number of nitrogens with zero attached hydrogens (tertiary/aromatic N) is 2. The number of carbonyl (C=O) groups is 1. The second-order valence-corrected chi connectivity index (χ2v) is 9.65. The van der Waals surface area contributed by atoms with Gasteiger partial charge in [-0.2, -0.15) is 10.2 Å². The average Bonchev–Trinajstić information content (AvgIpc) is 2.94. The highest BCUT2D eigenvalue weighted by molar-refractivity contribution is 6.31. The van der Waals surface area contributed by atoms with Gasteiger partial charge in [0.15, 0.2) is 0 Å². The van der Waals surface area contributed by atoms with E-state index in [0.717, 1.165) is 18.4 Å². The number of H-pyrrole nitrogens is 1. The van der Waals surface area contributed by atoms with E-state index in [9.17, 15) is 14.7 Å². The van der Waals surface area contributed by atoms with Gasteiger partial charge < -0.3 is 24.9 Å². The summed E-state index contributed by atoms with van der Waals surface area (Å²) in [7, 11) is 3.06. The Hall–Kier alpha value is -4.11. The van der Waals surface area contributed by atoms with Gasteiger partial charge in [-0.05, 0) is 50.5 Å². The number of aromatic amines is 1. The van der Waals surface area contributed by atoms with E-state index in [1.807, 2.05) is 25.1 Å². The normalized spacial score (nSPS) is 11.8. The number of halogens is 1. The Kier molecular flexibility index (Phi) is 10.9. The Labute approximate surface area is 238 Å². The number of hydrogen-bond donors (Lipinski definition) is 3. The molecule has 0 bridgehead atoms. The molecule has 3 N–H and O–H groups in total. The third-order valence-electron chi connectivity index (χ3n) is 6.31. The van der Waals surface area contributed by atoms with Gasteiger partial charge in [-0.3, -0.25) is 9.59 Å². The first-order chi connectivity index (χ1) is 19.2. The van der Waals surface area contributed by atoms with Crippen molar-refractivity contribution < 1.29 is 19.4 Å². The number of nitrogens with one attached hydrogen (secondary N) is 2. The van der Waals surface area contributed by atoms with Crippen molar-refractivity contribution in [1.29, 1.82) is 0 Å². The van der Waals surface area contributed by atoms with Gasteiger partial charge in [-0.25, -0.2) is 0 Å². The molecule has 212 valence electrons. The van der Waals surface area contributed by atoms with Crippen molar-refractivity contribution in [3.8, 4) is 28.4 Å². The molecule has 0 saturated heterocycles. The second-order valence-electron chi connectivity index (χ2n) is 9.24. The van der Waals surface area contributed by atoms with Crippen LogP contribution in [0.25, 0.3) is 11.1 Å². The van der Waals surface area contributed by atoms with Crippen LogP contribution < -0.4 is 20.3 Å². The van der Waals surface area contributed by atoms with Gasteiger partial charge >= 0.3 is 0 Å². The smallest absolute Gasteiger partial charge is 0.261 e. The molecule has 2 aromatic carbocycles. The van der Waals surface area contributed by atoms with Crippen molar-refractivity contribution >= 4 is 28.9 Å². The minimum Gasteiger partial charge on any atom is -0.506 e. The number of aryl methyl sites for hydroxylation is 1. The van der Waals surface area contributed by atoms with E-state index in [4.69, 9.17) is 21.1 Å². The monoisotopic (exact) mass is 566 g/mol. The van der Waals surface area contributed by atoms with Crippen LogP contribution in [-0.2, 0) is 17.8 Å².